The highest BCUT2D eigenvalue weighted by Gasteiger charge is 2.20. The van der Waals surface area contributed by atoms with Gasteiger partial charge >= 0.3 is 0 Å². The zero-order chi connectivity index (χ0) is 23.6. The molecule has 0 aliphatic carbocycles. The van der Waals surface area contributed by atoms with Gasteiger partial charge in [0.15, 0.2) is 9.84 Å². The van der Waals surface area contributed by atoms with Gasteiger partial charge in [0.25, 0.3) is 5.56 Å². The third kappa shape index (κ3) is 4.94. The summed E-state index contributed by atoms with van der Waals surface area (Å²) in [4.78, 5) is 24.7. The van der Waals surface area contributed by atoms with Crippen molar-refractivity contribution in [2.45, 2.75) is 37.6 Å². The van der Waals surface area contributed by atoms with E-state index in [9.17, 15) is 13.2 Å². The molecule has 2 aromatic heterocycles. The molecule has 1 aliphatic rings. The molecule has 3 aromatic rings. The van der Waals surface area contributed by atoms with E-state index < -0.39 is 9.84 Å². The van der Waals surface area contributed by atoms with Crippen LogP contribution in [0.25, 0.3) is 22.2 Å². The average Bonchev–Trinajstić information content (AvgIpc) is 2.79. The Morgan fingerprint density at radius 2 is 1.85 bits per heavy atom. The van der Waals surface area contributed by atoms with Gasteiger partial charge in [-0.05, 0) is 64.4 Å². The van der Waals surface area contributed by atoms with Gasteiger partial charge in [0.1, 0.15) is 17.8 Å². The maximum absolute atomic E-state index is 13.3. The number of likely N-dealkylation sites (tertiary alicyclic amines) is 1. The highest BCUT2D eigenvalue weighted by molar-refractivity contribution is 7.90. The minimum atomic E-state index is -3.51. The van der Waals surface area contributed by atoms with E-state index >= 15 is 0 Å². The number of pyridine rings is 1. The van der Waals surface area contributed by atoms with E-state index in [1.165, 1.54) is 25.2 Å². The smallest absolute Gasteiger partial charge is 0.260 e. The van der Waals surface area contributed by atoms with Crippen LogP contribution in [0.4, 0.5) is 5.82 Å². The average molecular weight is 470 g/mol. The van der Waals surface area contributed by atoms with Crippen LogP contribution in [0.1, 0.15) is 26.2 Å². The largest absolute Gasteiger partial charge is 0.369 e. The molecule has 0 saturated carbocycles. The Balaban J connectivity index is 1.74. The Bertz CT molecular complexity index is 1310. The van der Waals surface area contributed by atoms with Gasteiger partial charge in [-0.1, -0.05) is 18.2 Å². The van der Waals surface area contributed by atoms with Crippen molar-refractivity contribution in [1.82, 2.24) is 19.4 Å². The van der Waals surface area contributed by atoms with Gasteiger partial charge in [0.2, 0.25) is 0 Å². The molecule has 8 nitrogen and oxygen atoms in total. The normalized spacial score (nSPS) is 15.7. The third-order valence-corrected chi connectivity index (χ3v) is 7.61. The predicted octanol–water partition coefficient (Wildman–Crippen LogP) is 3.03. The Morgan fingerprint density at radius 3 is 2.55 bits per heavy atom. The highest BCUT2D eigenvalue weighted by Crippen LogP contribution is 2.29. The van der Waals surface area contributed by atoms with Crippen molar-refractivity contribution in [3.8, 4) is 11.1 Å². The maximum Gasteiger partial charge on any atom is 0.260 e. The molecule has 0 unspecified atom stereocenters. The first-order chi connectivity index (χ1) is 15.8. The van der Waals surface area contributed by atoms with Crippen molar-refractivity contribution in [2.24, 2.45) is 5.92 Å². The number of sulfone groups is 1. The third-order valence-electron chi connectivity index (χ3n) is 6.46. The Kier molecular flexibility index (Phi) is 6.81. The van der Waals surface area contributed by atoms with Crippen molar-refractivity contribution < 1.29 is 8.42 Å². The van der Waals surface area contributed by atoms with E-state index in [4.69, 9.17) is 0 Å². The fourth-order valence-electron chi connectivity index (χ4n) is 4.57. The maximum atomic E-state index is 13.3. The Hall–Kier alpha value is -2.78. The number of anilines is 1. The number of rotatable bonds is 7. The number of aromatic nitrogens is 3. The second kappa shape index (κ2) is 9.61. The fraction of sp³-hybridized carbons (Fsp3) is 0.458. The van der Waals surface area contributed by atoms with E-state index in [0.29, 0.717) is 40.4 Å². The number of fused-ring (bicyclic) bond motifs is 1. The van der Waals surface area contributed by atoms with Crippen LogP contribution in [0.15, 0.2) is 46.3 Å². The molecule has 4 rings (SSSR count). The van der Waals surface area contributed by atoms with Crippen LogP contribution in [0.5, 0.6) is 0 Å². The predicted molar refractivity (Wildman–Crippen MR) is 131 cm³/mol. The SMILES string of the molecule is CCn1c(=O)c(-c2ccccc2S(C)(=O)=O)cc2c(NCCC3CCN(C)CC3)ncnc21. The van der Waals surface area contributed by atoms with Crippen molar-refractivity contribution in [2.75, 3.05) is 38.3 Å². The van der Waals surface area contributed by atoms with E-state index in [1.54, 1.807) is 28.8 Å². The number of hydrogen-bond donors (Lipinski definition) is 1. The van der Waals surface area contributed by atoms with Gasteiger partial charge in [-0.25, -0.2) is 18.4 Å². The first-order valence-electron chi connectivity index (χ1n) is 11.4. The Morgan fingerprint density at radius 1 is 1.12 bits per heavy atom. The topological polar surface area (TPSA) is 97.2 Å². The molecular formula is C24H31N5O3S. The lowest BCUT2D eigenvalue weighted by Crippen LogP contribution is -2.30. The highest BCUT2D eigenvalue weighted by atomic mass is 32.2. The molecule has 1 aliphatic heterocycles. The lowest BCUT2D eigenvalue weighted by molar-refractivity contribution is 0.215. The Labute approximate surface area is 194 Å². The van der Waals surface area contributed by atoms with Crippen LogP contribution in [-0.4, -0.2) is 60.8 Å². The number of nitrogens with zero attached hydrogens (tertiary/aromatic N) is 4. The molecule has 176 valence electrons. The molecule has 33 heavy (non-hydrogen) atoms. The van der Waals surface area contributed by atoms with Crippen molar-refractivity contribution in [1.29, 1.82) is 0 Å². The van der Waals surface area contributed by atoms with E-state index in [2.05, 4.69) is 27.2 Å². The quantitative estimate of drug-likeness (QED) is 0.568. The van der Waals surface area contributed by atoms with E-state index in [-0.39, 0.29) is 10.5 Å². The van der Waals surface area contributed by atoms with Crippen molar-refractivity contribution in [3.05, 3.63) is 47.0 Å². The molecule has 9 heteroatoms. The zero-order valence-electron chi connectivity index (χ0n) is 19.4. The molecule has 0 atom stereocenters. The van der Waals surface area contributed by atoms with E-state index in [0.717, 1.165) is 32.3 Å². The van der Waals surface area contributed by atoms with Gasteiger partial charge in [-0.2, -0.15) is 0 Å². The van der Waals surface area contributed by atoms with Crippen LogP contribution in [0.3, 0.4) is 0 Å². The molecule has 0 radical (unpaired) electrons. The number of benzene rings is 1. The van der Waals surface area contributed by atoms with Crippen molar-refractivity contribution in [3.63, 3.8) is 0 Å². The van der Waals surface area contributed by atoms with Gasteiger partial charge in [-0.15, -0.1) is 0 Å². The molecule has 1 N–H and O–H groups in total. The van der Waals surface area contributed by atoms with Crippen LogP contribution >= 0.6 is 0 Å². The minimum absolute atomic E-state index is 0.137. The first kappa shape index (κ1) is 23.4. The molecule has 1 saturated heterocycles. The molecule has 1 fully saturated rings. The van der Waals surface area contributed by atoms with Crippen LogP contribution in [0, 0.1) is 5.92 Å². The number of aryl methyl sites for hydroxylation is 1. The second-order valence-corrected chi connectivity index (χ2v) is 10.8. The molecule has 0 amide bonds. The monoisotopic (exact) mass is 469 g/mol. The summed E-state index contributed by atoms with van der Waals surface area (Å²) < 4.78 is 26.3. The summed E-state index contributed by atoms with van der Waals surface area (Å²) in [5.41, 5.74) is 1.01. The van der Waals surface area contributed by atoms with Crippen LogP contribution in [-0.2, 0) is 16.4 Å². The fourth-order valence-corrected chi connectivity index (χ4v) is 5.47. The first-order valence-corrected chi connectivity index (χ1v) is 13.3. The molecule has 1 aromatic carbocycles. The lowest BCUT2D eigenvalue weighted by atomic mass is 9.94. The second-order valence-electron chi connectivity index (χ2n) is 8.80. The van der Waals surface area contributed by atoms with Crippen LogP contribution in [0.2, 0.25) is 0 Å². The van der Waals surface area contributed by atoms with Crippen LogP contribution < -0.4 is 10.9 Å². The summed E-state index contributed by atoms with van der Waals surface area (Å²) in [7, 11) is -1.35. The van der Waals surface area contributed by atoms with Gasteiger partial charge < -0.3 is 10.2 Å². The van der Waals surface area contributed by atoms with Gasteiger partial charge in [0.05, 0.1) is 10.3 Å². The standard InChI is InChI=1S/C24H31N5O3S/c1-4-29-23-20(15-19(24(29)30)18-7-5-6-8-21(18)33(3,31)32)22(26-16-27-23)25-12-9-17-10-13-28(2)14-11-17/h5-8,15-17H,4,9-14H2,1-3H3,(H,25,26,27). The summed E-state index contributed by atoms with van der Waals surface area (Å²) in [6, 6.07) is 8.35. The minimum Gasteiger partial charge on any atom is -0.369 e. The number of hydrogen-bond acceptors (Lipinski definition) is 7. The summed E-state index contributed by atoms with van der Waals surface area (Å²) >= 11 is 0. The molecule has 0 spiro atoms. The molecule has 0 bridgehead atoms. The van der Waals surface area contributed by atoms with Gasteiger partial charge in [0, 0.05) is 30.5 Å². The molecular weight excluding hydrogens is 438 g/mol. The van der Waals surface area contributed by atoms with E-state index in [1.807, 2.05) is 6.92 Å². The number of nitrogens with one attached hydrogen (secondary N) is 1. The summed E-state index contributed by atoms with van der Waals surface area (Å²) in [5, 5.41) is 4.15. The summed E-state index contributed by atoms with van der Waals surface area (Å²) in [5.74, 6) is 1.35. The number of piperidine rings is 1. The summed E-state index contributed by atoms with van der Waals surface area (Å²) in [6.07, 6.45) is 6.08. The van der Waals surface area contributed by atoms with Crippen molar-refractivity contribution >= 4 is 26.7 Å². The summed E-state index contributed by atoms with van der Waals surface area (Å²) in [6.45, 7) is 5.33. The van der Waals surface area contributed by atoms with Gasteiger partial charge in [-0.3, -0.25) is 9.36 Å². The lowest BCUT2D eigenvalue weighted by Gasteiger charge is -2.29. The molecule has 3 heterocycles. The zero-order valence-corrected chi connectivity index (χ0v) is 20.2.